The van der Waals surface area contributed by atoms with Crippen LogP contribution in [0, 0.1) is 13.8 Å². The van der Waals surface area contributed by atoms with Crippen molar-refractivity contribution in [3.8, 4) is 17.0 Å². The lowest BCUT2D eigenvalue weighted by Crippen LogP contribution is -2.18. The Morgan fingerprint density at radius 2 is 1.85 bits per heavy atom. The van der Waals surface area contributed by atoms with E-state index in [4.69, 9.17) is 9.73 Å². The first-order valence-electron chi connectivity index (χ1n) is 8.18. The van der Waals surface area contributed by atoms with Gasteiger partial charge < -0.3 is 14.4 Å². The van der Waals surface area contributed by atoms with Gasteiger partial charge in [0.15, 0.2) is 4.80 Å². The van der Waals surface area contributed by atoms with Gasteiger partial charge in [-0.15, -0.1) is 28.3 Å². The van der Waals surface area contributed by atoms with Gasteiger partial charge in [0.2, 0.25) is 0 Å². The van der Waals surface area contributed by atoms with Crippen molar-refractivity contribution in [1.29, 1.82) is 0 Å². The van der Waals surface area contributed by atoms with Crippen molar-refractivity contribution < 1.29 is 9.84 Å². The average Bonchev–Trinajstić information content (AvgIpc) is 3.02. The van der Waals surface area contributed by atoms with E-state index in [0.29, 0.717) is 6.54 Å². The summed E-state index contributed by atoms with van der Waals surface area (Å²) in [6.45, 7) is 4.75. The van der Waals surface area contributed by atoms with Gasteiger partial charge in [0.1, 0.15) is 5.75 Å². The SMILES string of the molecule is Br.COc1ccc(-c2csc(=Nc3cccc(C)c3C)n2CCO)cc1. The van der Waals surface area contributed by atoms with Gasteiger partial charge in [-0.1, -0.05) is 12.1 Å². The molecule has 0 aliphatic heterocycles. The first-order valence-corrected chi connectivity index (χ1v) is 9.06. The lowest BCUT2D eigenvalue weighted by Gasteiger charge is -2.09. The molecule has 4 nitrogen and oxygen atoms in total. The number of aliphatic hydroxyl groups excluding tert-OH is 1. The van der Waals surface area contributed by atoms with E-state index >= 15 is 0 Å². The summed E-state index contributed by atoms with van der Waals surface area (Å²) in [5.41, 5.74) is 5.49. The zero-order chi connectivity index (χ0) is 17.8. The van der Waals surface area contributed by atoms with Gasteiger partial charge in [0.05, 0.1) is 25.1 Å². The van der Waals surface area contributed by atoms with E-state index in [-0.39, 0.29) is 23.6 Å². The third-order valence-electron chi connectivity index (χ3n) is 4.30. The number of nitrogens with zero attached hydrogens (tertiary/aromatic N) is 2. The van der Waals surface area contributed by atoms with Crippen LogP contribution in [0.1, 0.15) is 11.1 Å². The summed E-state index contributed by atoms with van der Waals surface area (Å²) in [6.07, 6.45) is 0. The fraction of sp³-hybridized carbons (Fsp3) is 0.250. The first-order chi connectivity index (χ1) is 12.1. The Labute approximate surface area is 168 Å². The third-order valence-corrected chi connectivity index (χ3v) is 5.16. The highest BCUT2D eigenvalue weighted by Crippen LogP contribution is 2.24. The van der Waals surface area contributed by atoms with Crippen LogP contribution in [0.5, 0.6) is 5.75 Å². The van der Waals surface area contributed by atoms with Crippen molar-refractivity contribution in [1.82, 2.24) is 4.57 Å². The van der Waals surface area contributed by atoms with E-state index in [1.54, 1.807) is 18.4 Å². The maximum Gasteiger partial charge on any atom is 0.190 e. The van der Waals surface area contributed by atoms with Gasteiger partial charge in [-0.25, -0.2) is 4.99 Å². The number of hydrogen-bond acceptors (Lipinski definition) is 4. The van der Waals surface area contributed by atoms with E-state index in [1.165, 1.54) is 11.1 Å². The van der Waals surface area contributed by atoms with Crippen LogP contribution < -0.4 is 9.54 Å². The molecule has 0 spiro atoms. The third kappa shape index (κ3) is 4.26. The molecule has 0 radical (unpaired) electrons. The van der Waals surface area contributed by atoms with Gasteiger partial charge in [0, 0.05) is 11.9 Å². The molecule has 6 heteroatoms. The van der Waals surface area contributed by atoms with Crippen molar-refractivity contribution in [2.75, 3.05) is 13.7 Å². The molecule has 0 unspecified atom stereocenters. The quantitative estimate of drug-likeness (QED) is 0.635. The summed E-state index contributed by atoms with van der Waals surface area (Å²) in [5.74, 6) is 0.827. The Hall–Kier alpha value is -1.89. The highest BCUT2D eigenvalue weighted by molar-refractivity contribution is 8.93. The molecule has 3 rings (SSSR count). The van der Waals surface area contributed by atoms with E-state index in [2.05, 4.69) is 29.9 Å². The monoisotopic (exact) mass is 434 g/mol. The molecule has 0 bridgehead atoms. The summed E-state index contributed by atoms with van der Waals surface area (Å²) in [4.78, 5) is 5.73. The zero-order valence-corrected chi connectivity index (χ0v) is 17.6. The predicted molar refractivity (Wildman–Crippen MR) is 113 cm³/mol. The number of aromatic nitrogens is 1. The molecule has 1 N–H and O–H groups in total. The average molecular weight is 435 g/mol. The number of hydrogen-bond donors (Lipinski definition) is 1. The molecule has 2 aromatic carbocycles. The minimum atomic E-state index is 0. The number of thiazole rings is 1. The predicted octanol–water partition coefficient (Wildman–Crippen LogP) is 4.64. The van der Waals surface area contributed by atoms with Gasteiger partial charge in [0.25, 0.3) is 0 Å². The van der Waals surface area contributed by atoms with Gasteiger partial charge in [-0.3, -0.25) is 0 Å². The number of aliphatic hydroxyl groups is 1. The van der Waals surface area contributed by atoms with E-state index in [9.17, 15) is 5.11 Å². The van der Waals surface area contributed by atoms with Crippen LogP contribution in [0.4, 0.5) is 5.69 Å². The first kappa shape index (κ1) is 20.4. The highest BCUT2D eigenvalue weighted by atomic mass is 79.9. The lowest BCUT2D eigenvalue weighted by atomic mass is 10.1. The van der Waals surface area contributed by atoms with Crippen LogP contribution in [0.15, 0.2) is 52.8 Å². The molecule has 0 amide bonds. The second kappa shape index (κ2) is 9.16. The van der Waals surface area contributed by atoms with Crippen molar-refractivity contribution in [2.24, 2.45) is 4.99 Å². The molecular formula is C20H23BrN2O2S. The van der Waals surface area contributed by atoms with Gasteiger partial charge in [-0.2, -0.15) is 0 Å². The number of rotatable bonds is 5. The van der Waals surface area contributed by atoms with E-state index < -0.39 is 0 Å². The summed E-state index contributed by atoms with van der Waals surface area (Å²) < 4.78 is 7.29. The summed E-state index contributed by atoms with van der Waals surface area (Å²) in [7, 11) is 1.66. The molecule has 0 saturated heterocycles. The highest BCUT2D eigenvalue weighted by Gasteiger charge is 2.09. The molecule has 1 heterocycles. The summed E-state index contributed by atoms with van der Waals surface area (Å²) in [6, 6.07) is 14.1. The second-order valence-electron chi connectivity index (χ2n) is 5.84. The molecule has 3 aromatic rings. The molecule has 0 aliphatic carbocycles. The van der Waals surface area contributed by atoms with Crippen molar-refractivity contribution in [2.45, 2.75) is 20.4 Å². The van der Waals surface area contributed by atoms with Crippen LogP contribution in [0.3, 0.4) is 0 Å². The van der Waals surface area contributed by atoms with Crippen LogP contribution in [0.25, 0.3) is 11.3 Å². The van der Waals surface area contributed by atoms with Crippen molar-refractivity contribution >= 4 is 34.0 Å². The van der Waals surface area contributed by atoms with Crippen LogP contribution >= 0.6 is 28.3 Å². The fourth-order valence-electron chi connectivity index (χ4n) is 2.69. The van der Waals surface area contributed by atoms with Crippen LogP contribution in [0.2, 0.25) is 0 Å². The standard InChI is InChI=1S/C20H22N2O2S.BrH/c1-14-5-4-6-18(15(14)2)21-20-22(11-12-23)19(13-25-20)16-7-9-17(24-3)10-8-16;/h4-10,13,23H,11-12H2,1-3H3;1H. The molecular weight excluding hydrogens is 412 g/mol. The Balaban J connectivity index is 0.00000243. The topological polar surface area (TPSA) is 46.8 Å². The number of benzene rings is 2. The molecule has 1 aromatic heterocycles. The Bertz CT molecular complexity index is 930. The van der Waals surface area contributed by atoms with Gasteiger partial charge in [-0.05, 0) is 60.9 Å². The fourth-order valence-corrected chi connectivity index (χ4v) is 3.64. The van der Waals surface area contributed by atoms with Crippen LogP contribution in [-0.4, -0.2) is 23.4 Å². The zero-order valence-electron chi connectivity index (χ0n) is 15.1. The largest absolute Gasteiger partial charge is 0.497 e. The van der Waals surface area contributed by atoms with Crippen LogP contribution in [-0.2, 0) is 6.54 Å². The summed E-state index contributed by atoms with van der Waals surface area (Å²) >= 11 is 1.58. The normalized spacial score (nSPS) is 11.3. The Kier molecular flexibility index (Phi) is 7.20. The minimum absolute atomic E-state index is 0. The summed E-state index contributed by atoms with van der Waals surface area (Å²) in [5, 5.41) is 11.6. The lowest BCUT2D eigenvalue weighted by molar-refractivity contribution is 0.275. The molecule has 0 saturated carbocycles. The van der Waals surface area contributed by atoms with Gasteiger partial charge >= 0.3 is 0 Å². The molecule has 0 aliphatic rings. The number of halogens is 1. The number of ether oxygens (including phenoxy) is 1. The second-order valence-corrected chi connectivity index (χ2v) is 6.67. The minimum Gasteiger partial charge on any atom is -0.497 e. The van der Waals surface area contributed by atoms with Crippen molar-refractivity contribution in [3.05, 3.63) is 63.8 Å². The van der Waals surface area contributed by atoms with Crippen molar-refractivity contribution in [3.63, 3.8) is 0 Å². The molecule has 138 valence electrons. The molecule has 0 fully saturated rings. The van der Waals surface area contributed by atoms with E-state index in [1.807, 2.05) is 36.4 Å². The number of methoxy groups -OCH3 is 1. The maximum absolute atomic E-state index is 9.50. The Morgan fingerprint density at radius 1 is 1.12 bits per heavy atom. The molecule has 0 atom stereocenters. The Morgan fingerprint density at radius 3 is 2.50 bits per heavy atom. The number of aryl methyl sites for hydroxylation is 1. The van der Waals surface area contributed by atoms with E-state index in [0.717, 1.165) is 27.5 Å². The molecule has 26 heavy (non-hydrogen) atoms. The smallest absolute Gasteiger partial charge is 0.190 e. The maximum atomic E-state index is 9.50.